The Kier molecular flexibility index (Phi) is 5.28. The quantitative estimate of drug-likeness (QED) is 0.782. The fourth-order valence-corrected chi connectivity index (χ4v) is 3.74. The average molecular weight is 333 g/mol. The summed E-state index contributed by atoms with van der Waals surface area (Å²) in [6.45, 7) is 4.64. The van der Waals surface area contributed by atoms with Gasteiger partial charge in [0.1, 0.15) is 0 Å². The van der Waals surface area contributed by atoms with Gasteiger partial charge in [-0.2, -0.15) is 5.10 Å². The molecule has 134 valence electrons. The number of aliphatic hydroxyl groups is 1. The number of amides is 1. The van der Waals surface area contributed by atoms with Crippen LogP contribution < -0.4 is 5.32 Å². The van der Waals surface area contributed by atoms with E-state index >= 15 is 0 Å². The number of rotatable bonds is 6. The molecule has 5 nitrogen and oxygen atoms in total. The molecule has 1 heterocycles. The van der Waals surface area contributed by atoms with Gasteiger partial charge in [-0.1, -0.05) is 32.6 Å². The Morgan fingerprint density at radius 1 is 1.38 bits per heavy atom. The van der Waals surface area contributed by atoms with Gasteiger partial charge in [-0.15, -0.1) is 0 Å². The van der Waals surface area contributed by atoms with Crippen molar-refractivity contribution >= 4 is 5.91 Å². The lowest BCUT2D eigenvalue weighted by Crippen LogP contribution is -2.42. The van der Waals surface area contributed by atoms with Crippen LogP contribution in [-0.2, 0) is 0 Å². The molecule has 0 bridgehead atoms. The van der Waals surface area contributed by atoms with E-state index in [0.29, 0.717) is 24.1 Å². The van der Waals surface area contributed by atoms with E-state index in [9.17, 15) is 9.90 Å². The molecular weight excluding hydrogens is 302 g/mol. The minimum absolute atomic E-state index is 0.0795. The Labute approximate surface area is 144 Å². The van der Waals surface area contributed by atoms with E-state index in [1.807, 2.05) is 4.68 Å². The third-order valence-electron chi connectivity index (χ3n) is 5.66. The van der Waals surface area contributed by atoms with E-state index in [2.05, 4.69) is 24.3 Å². The molecular formula is C19H31N3O2. The summed E-state index contributed by atoms with van der Waals surface area (Å²) in [7, 11) is 0. The van der Waals surface area contributed by atoms with Gasteiger partial charge in [0.15, 0.2) is 0 Å². The third kappa shape index (κ3) is 3.82. The highest BCUT2D eigenvalue weighted by Gasteiger charge is 2.34. The molecule has 2 aliphatic rings. The van der Waals surface area contributed by atoms with Gasteiger partial charge in [0.2, 0.25) is 0 Å². The Morgan fingerprint density at radius 2 is 2.04 bits per heavy atom. The maximum Gasteiger partial charge on any atom is 0.254 e. The number of nitrogens with zero attached hydrogens (tertiary/aromatic N) is 2. The first kappa shape index (κ1) is 17.5. The van der Waals surface area contributed by atoms with Crippen LogP contribution in [-0.4, -0.2) is 32.9 Å². The first-order chi connectivity index (χ1) is 11.5. The average Bonchev–Trinajstić information content (AvgIpc) is 3.36. The van der Waals surface area contributed by atoms with Crippen molar-refractivity contribution in [2.24, 2.45) is 0 Å². The monoisotopic (exact) mass is 333 g/mol. The standard InChI is InChI=1S/C19H31N3O2/c1-3-14(2)22-17(15-8-9-15)16(12-21-22)18(23)20-13-19(24)10-6-4-5-7-11-19/h12,14-15,24H,3-11,13H2,1-2H3,(H,20,23). The van der Waals surface area contributed by atoms with E-state index < -0.39 is 5.60 Å². The van der Waals surface area contributed by atoms with Gasteiger partial charge in [-0.05, 0) is 39.0 Å². The van der Waals surface area contributed by atoms with Crippen molar-refractivity contribution in [3.63, 3.8) is 0 Å². The maximum atomic E-state index is 12.7. The van der Waals surface area contributed by atoms with E-state index in [4.69, 9.17) is 0 Å². The highest BCUT2D eigenvalue weighted by molar-refractivity contribution is 5.95. The summed E-state index contributed by atoms with van der Waals surface area (Å²) in [4.78, 5) is 12.7. The fraction of sp³-hybridized carbons (Fsp3) is 0.789. The third-order valence-corrected chi connectivity index (χ3v) is 5.66. The maximum absolute atomic E-state index is 12.7. The van der Waals surface area contributed by atoms with Crippen LogP contribution in [0.5, 0.6) is 0 Å². The summed E-state index contributed by atoms with van der Waals surface area (Å²) in [5, 5.41) is 18.2. The fourth-order valence-electron chi connectivity index (χ4n) is 3.74. The van der Waals surface area contributed by atoms with Gasteiger partial charge in [0.25, 0.3) is 5.91 Å². The summed E-state index contributed by atoms with van der Waals surface area (Å²) < 4.78 is 2.03. The number of aromatic nitrogens is 2. The Balaban J connectivity index is 1.70. The number of carbonyl (C=O) groups is 1. The highest BCUT2D eigenvalue weighted by Crippen LogP contribution is 2.42. The predicted molar refractivity (Wildman–Crippen MR) is 94.2 cm³/mol. The van der Waals surface area contributed by atoms with Gasteiger partial charge in [0, 0.05) is 18.5 Å². The minimum atomic E-state index is -0.737. The first-order valence-electron chi connectivity index (χ1n) is 9.62. The minimum Gasteiger partial charge on any atom is -0.388 e. The van der Waals surface area contributed by atoms with Crippen LogP contribution in [0, 0.1) is 0 Å². The molecule has 2 fully saturated rings. The van der Waals surface area contributed by atoms with Crippen LogP contribution in [0.25, 0.3) is 0 Å². The van der Waals surface area contributed by atoms with Crippen LogP contribution in [0.4, 0.5) is 0 Å². The SMILES string of the molecule is CCC(C)n1ncc(C(=O)NCC2(O)CCCCCC2)c1C1CC1. The molecule has 1 aromatic heterocycles. The molecule has 0 aromatic carbocycles. The Hall–Kier alpha value is -1.36. The molecule has 1 aromatic rings. The Morgan fingerprint density at radius 3 is 2.62 bits per heavy atom. The van der Waals surface area contributed by atoms with Crippen molar-refractivity contribution in [2.45, 2.75) is 89.2 Å². The van der Waals surface area contributed by atoms with Gasteiger partial charge in [-0.3, -0.25) is 9.48 Å². The largest absolute Gasteiger partial charge is 0.388 e. The first-order valence-corrected chi connectivity index (χ1v) is 9.62. The molecule has 2 saturated carbocycles. The summed E-state index contributed by atoms with van der Waals surface area (Å²) in [6, 6.07) is 0.313. The van der Waals surface area contributed by atoms with Crippen LogP contribution in [0.3, 0.4) is 0 Å². The molecule has 0 spiro atoms. The molecule has 3 rings (SSSR count). The normalized spacial score (nSPS) is 22.0. The topological polar surface area (TPSA) is 67.2 Å². The zero-order valence-electron chi connectivity index (χ0n) is 15.1. The highest BCUT2D eigenvalue weighted by atomic mass is 16.3. The molecule has 2 N–H and O–H groups in total. The number of hydrogen-bond acceptors (Lipinski definition) is 3. The predicted octanol–water partition coefficient (Wildman–Crippen LogP) is 3.55. The molecule has 1 amide bonds. The van der Waals surface area contributed by atoms with Gasteiger partial charge in [0.05, 0.1) is 23.1 Å². The molecule has 0 radical (unpaired) electrons. The summed E-state index contributed by atoms with van der Waals surface area (Å²) >= 11 is 0. The van der Waals surface area contributed by atoms with Crippen molar-refractivity contribution in [3.8, 4) is 0 Å². The number of hydrogen-bond donors (Lipinski definition) is 2. The van der Waals surface area contributed by atoms with Crippen LogP contribution in [0.2, 0.25) is 0 Å². The lowest BCUT2D eigenvalue weighted by Gasteiger charge is -2.26. The summed E-state index contributed by atoms with van der Waals surface area (Å²) in [5.74, 6) is 0.396. The van der Waals surface area contributed by atoms with E-state index in [1.165, 1.54) is 12.8 Å². The smallest absolute Gasteiger partial charge is 0.254 e. The van der Waals surface area contributed by atoms with E-state index in [-0.39, 0.29) is 5.91 Å². The van der Waals surface area contributed by atoms with Crippen molar-refractivity contribution < 1.29 is 9.90 Å². The van der Waals surface area contributed by atoms with E-state index in [0.717, 1.165) is 50.6 Å². The van der Waals surface area contributed by atoms with Crippen LogP contribution in [0.15, 0.2) is 6.20 Å². The van der Waals surface area contributed by atoms with Crippen molar-refractivity contribution in [1.82, 2.24) is 15.1 Å². The summed E-state index contributed by atoms with van der Waals surface area (Å²) in [6.07, 6.45) is 11.0. The molecule has 2 aliphatic carbocycles. The van der Waals surface area contributed by atoms with Crippen molar-refractivity contribution in [1.29, 1.82) is 0 Å². The lowest BCUT2D eigenvalue weighted by molar-refractivity contribution is 0.0246. The molecule has 5 heteroatoms. The van der Waals surface area contributed by atoms with Crippen molar-refractivity contribution in [3.05, 3.63) is 17.5 Å². The zero-order valence-corrected chi connectivity index (χ0v) is 15.1. The van der Waals surface area contributed by atoms with E-state index in [1.54, 1.807) is 6.20 Å². The van der Waals surface area contributed by atoms with Crippen LogP contribution in [0.1, 0.15) is 99.6 Å². The number of carbonyl (C=O) groups excluding carboxylic acids is 1. The van der Waals surface area contributed by atoms with Gasteiger partial charge >= 0.3 is 0 Å². The number of nitrogens with one attached hydrogen (secondary N) is 1. The van der Waals surface area contributed by atoms with Gasteiger partial charge in [-0.25, -0.2) is 0 Å². The second-order valence-electron chi connectivity index (χ2n) is 7.74. The molecule has 0 saturated heterocycles. The van der Waals surface area contributed by atoms with Crippen molar-refractivity contribution in [2.75, 3.05) is 6.54 Å². The Bertz CT molecular complexity index is 569. The molecule has 0 aliphatic heterocycles. The molecule has 24 heavy (non-hydrogen) atoms. The van der Waals surface area contributed by atoms with Gasteiger partial charge < -0.3 is 10.4 Å². The molecule has 1 atom stereocenters. The second kappa shape index (κ2) is 7.26. The lowest BCUT2D eigenvalue weighted by atomic mass is 9.94. The molecule has 1 unspecified atom stereocenters. The zero-order chi connectivity index (χ0) is 17.2. The summed E-state index contributed by atoms with van der Waals surface area (Å²) in [5.41, 5.74) is 1.06. The second-order valence-corrected chi connectivity index (χ2v) is 7.74. The van der Waals surface area contributed by atoms with Crippen LogP contribution >= 0.6 is 0 Å².